The average molecular weight is 246 g/mol. The summed E-state index contributed by atoms with van der Waals surface area (Å²) in [6.45, 7) is 3.60. The number of benzene rings is 1. The highest BCUT2D eigenvalue weighted by molar-refractivity contribution is 5.81. The number of rotatable bonds is 3. The Kier molecular flexibility index (Phi) is 4.37. The summed E-state index contributed by atoms with van der Waals surface area (Å²) in [7, 11) is 0. The fraction of sp³-hybridized carbons (Fsp3) is 0.533. The molecule has 2 rings (SSSR count). The Labute approximate surface area is 109 Å². The van der Waals surface area contributed by atoms with E-state index in [1.54, 1.807) is 0 Å². The van der Waals surface area contributed by atoms with Gasteiger partial charge in [0, 0.05) is 13.1 Å². The van der Waals surface area contributed by atoms with Gasteiger partial charge in [-0.3, -0.25) is 4.79 Å². The quantitative estimate of drug-likeness (QED) is 0.887. The molecule has 2 N–H and O–H groups in total. The van der Waals surface area contributed by atoms with Gasteiger partial charge in [0.1, 0.15) is 0 Å². The van der Waals surface area contributed by atoms with Crippen LogP contribution in [0.25, 0.3) is 0 Å². The molecule has 3 heteroatoms. The number of carbonyl (C=O) groups is 1. The van der Waals surface area contributed by atoms with E-state index in [1.165, 1.54) is 11.1 Å². The first-order valence-electron chi connectivity index (χ1n) is 6.83. The second-order valence-corrected chi connectivity index (χ2v) is 5.03. The third kappa shape index (κ3) is 2.91. The molecule has 1 heterocycles. The number of fused-ring (bicyclic) bond motifs is 1. The Morgan fingerprint density at radius 3 is 2.83 bits per heavy atom. The van der Waals surface area contributed by atoms with Crippen LogP contribution in [-0.4, -0.2) is 23.4 Å². The molecule has 1 aliphatic rings. The van der Waals surface area contributed by atoms with Gasteiger partial charge in [-0.15, -0.1) is 0 Å². The molecule has 1 atom stereocenters. The lowest BCUT2D eigenvalue weighted by Crippen LogP contribution is -2.43. The Morgan fingerprint density at radius 2 is 2.11 bits per heavy atom. The van der Waals surface area contributed by atoms with Crippen LogP contribution >= 0.6 is 0 Å². The highest BCUT2D eigenvalue weighted by Crippen LogP contribution is 2.19. The zero-order valence-electron chi connectivity index (χ0n) is 11.1. The van der Waals surface area contributed by atoms with Gasteiger partial charge in [-0.1, -0.05) is 37.6 Å². The summed E-state index contributed by atoms with van der Waals surface area (Å²) in [6, 6.07) is 8.06. The molecule has 18 heavy (non-hydrogen) atoms. The van der Waals surface area contributed by atoms with Crippen molar-refractivity contribution >= 4 is 5.91 Å². The minimum absolute atomic E-state index is 0.105. The largest absolute Gasteiger partial charge is 0.337 e. The summed E-state index contributed by atoms with van der Waals surface area (Å²) < 4.78 is 0. The smallest absolute Gasteiger partial charge is 0.239 e. The highest BCUT2D eigenvalue weighted by Gasteiger charge is 2.22. The van der Waals surface area contributed by atoms with Gasteiger partial charge in [-0.25, -0.2) is 0 Å². The Balaban J connectivity index is 2.10. The SMILES string of the molecule is CCC[C@H](N)C(=O)N1CCCc2ccccc2C1. The van der Waals surface area contributed by atoms with Crippen LogP contribution in [0.5, 0.6) is 0 Å². The average Bonchev–Trinajstić information content (AvgIpc) is 2.60. The monoisotopic (exact) mass is 246 g/mol. The van der Waals surface area contributed by atoms with Crippen LogP contribution in [0.15, 0.2) is 24.3 Å². The molecule has 1 amide bonds. The van der Waals surface area contributed by atoms with Gasteiger partial charge >= 0.3 is 0 Å². The van der Waals surface area contributed by atoms with E-state index in [0.29, 0.717) is 6.54 Å². The number of hydrogen-bond donors (Lipinski definition) is 1. The Bertz CT molecular complexity index is 417. The molecular weight excluding hydrogens is 224 g/mol. The fourth-order valence-electron chi connectivity index (χ4n) is 2.56. The van der Waals surface area contributed by atoms with Crippen LogP contribution in [0.3, 0.4) is 0 Å². The van der Waals surface area contributed by atoms with Crippen molar-refractivity contribution in [2.45, 2.75) is 45.2 Å². The van der Waals surface area contributed by atoms with Crippen LogP contribution in [0.2, 0.25) is 0 Å². The summed E-state index contributed by atoms with van der Waals surface area (Å²) in [5.41, 5.74) is 8.58. The van der Waals surface area contributed by atoms with Crippen molar-refractivity contribution in [3.8, 4) is 0 Å². The van der Waals surface area contributed by atoms with Crippen molar-refractivity contribution in [2.24, 2.45) is 5.73 Å². The van der Waals surface area contributed by atoms with Crippen molar-refractivity contribution < 1.29 is 4.79 Å². The molecule has 1 aromatic carbocycles. The van der Waals surface area contributed by atoms with Crippen molar-refractivity contribution in [1.82, 2.24) is 4.90 Å². The lowest BCUT2D eigenvalue weighted by Gasteiger charge is -2.24. The zero-order chi connectivity index (χ0) is 13.0. The molecular formula is C15H22N2O. The van der Waals surface area contributed by atoms with E-state index < -0.39 is 0 Å². The molecule has 0 saturated carbocycles. The maximum Gasteiger partial charge on any atom is 0.239 e. The molecule has 1 aromatic rings. The van der Waals surface area contributed by atoms with Gasteiger partial charge in [0.2, 0.25) is 5.91 Å². The van der Waals surface area contributed by atoms with E-state index in [1.807, 2.05) is 11.0 Å². The zero-order valence-corrected chi connectivity index (χ0v) is 11.1. The Morgan fingerprint density at radius 1 is 1.39 bits per heavy atom. The Hall–Kier alpha value is -1.35. The van der Waals surface area contributed by atoms with Crippen molar-refractivity contribution in [1.29, 1.82) is 0 Å². The summed E-state index contributed by atoms with van der Waals surface area (Å²) in [4.78, 5) is 14.2. The highest BCUT2D eigenvalue weighted by atomic mass is 16.2. The van der Waals surface area contributed by atoms with E-state index in [0.717, 1.165) is 32.2 Å². The van der Waals surface area contributed by atoms with E-state index in [2.05, 4.69) is 25.1 Å². The number of hydrogen-bond acceptors (Lipinski definition) is 2. The van der Waals surface area contributed by atoms with E-state index in [4.69, 9.17) is 5.73 Å². The van der Waals surface area contributed by atoms with E-state index in [9.17, 15) is 4.79 Å². The van der Waals surface area contributed by atoms with Gasteiger partial charge in [0.05, 0.1) is 6.04 Å². The van der Waals surface area contributed by atoms with Crippen LogP contribution in [-0.2, 0) is 17.8 Å². The summed E-state index contributed by atoms with van der Waals surface area (Å²) in [5, 5.41) is 0. The molecule has 0 saturated heterocycles. The summed E-state index contributed by atoms with van der Waals surface area (Å²) >= 11 is 0. The van der Waals surface area contributed by atoms with Crippen LogP contribution < -0.4 is 5.73 Å². The molecule has 0 aliphatic carbocycles. The second-order valence-electron chi connectivity index (χ2n) is 5.03. The van der Waals surface area contributed by atoms with Gasteiger partial charge < -0.3 is 10.6 Å². The number of nitrogens with two attached hydrogens (primary N) is 1. The number of amides is 1. The van der Waals surface area contributed by atoms with E-state index in [-0.39, 0.29) is 11.9 Å². The predicted octanol–water partition coefficient (Wildman–Crippen LogP) is 2.09. The molecule has 0 unspecified atom stereocenters. The minimum atomic E-state index is -0.333. The third-order valence-electron chi connectivity index (χ3n) is 3.58. The van der Waals surface area contributed by atoms with Gasteiger partial charge in [0.15, 0.2) is 0 Å². The number of nitrogens with zero attached hydrogens (tertiary/aromatic N) is 1. The summed E-state index contributed by atoms with van der Waals surface area (Å²) in [5.74, 6) is 0.105. The molecule has 0 radical (unpaired) electrons. The minimum Gasteiger partial charge on any atom is -0.337 e. The van der Waals surface area contributed by atoms with Crippen LogP contribution in [0.4, 0.5) is 0 Å². The molecule has 0 fully saturated rings. The lowest BCUT2D eigenvalue weighted by molar-refractivity contribution is -0.133. The molecule has 0 bridgehead atoms. The number of carbonyl (C=O) groups excluding carboxylic acids is 1. The van der Waals surface area contributed by atoms with Gasteiger partial charge in [-0.2, -0.15) is 0 Å². The van der Waals surface area contributed by atoms with E-state index >= 15 is 0 Å². The first-order chi connectivity index (χ1) is 8.72. The standard InChI is InChI=1S/C15H22N2O/c1-2-6-14(16)15(18)17-10-5-9-12-7-3-4-8-13(12)11-17/h3-4,7-8,14H,2,5-6,9-11,16H2,1H3/t14-/m0/s1. The topological polar surface area (TPSA) is 46.3 Å². The fourth-order valence-corrected chi connectivity index (χ4v) is 2.56. The molecule has 98 valence electrons. The first-order valence-corrected chi connectivity index (χ1v) is 6.83. The van der Waals surface area contributed by atoms with Gasteiger partial charge in [-0.05, 0) is 30.4 Å². The first kappa shape index (κ1) is 13.1. The van der Waals surface area contributed by atoms with Crippen molar-refractivity contribution in [2.75, 3.05) is 6.54 Å². The van der Waals surface area contributed by atoms with Crippen molar-refractivity contribution in [3.05, 3.63) is 35.4 Å². The molecule has 0 spiro atoms. The van der Waals surface area contributed by atoms with Crippen LogP contribution in [0, 0.1) is 0 Å². The predicted molar refractivity (Wildman–Crippen MR) is 73.1 cm³/mol. The lowest BCUT2D eigenvalue weighted by atomic mass is 10.0. The molecule has 0 aromatic heterocycles. The van der Waals surface area contributed by atoms with Crippen molar-refractivity contribution in [3.63, 3.8) is 0 Å². The maximum absolute atomic E-state index is 12.3. The van der Waals surface area contributed by atoms with Gasteiger partial charge in [0.25, 0.3) is 0 Å². The number of aryl methyl sites for hydroxylation is 1. The molecule has 3 nitrogen and oxygen atoms in total. The summed E-state index contributed by atoms with van der Waals surface area (Å²) in [6.07, 6.45) is 3.82. The maximum atomic E-state index is 12.3. The normalized spacial score (nSPS) is 16.9. The third-order valence-corrected chi connectivity index (χ3v) is 3.58. The molecule has 1 aliphatic heterocycles. The van der Waals surface area contributed by atoms with Crippen LogP contribution in [0.1, 0.15) is 37.3 Å². The second kappa shape index (κ2) is 6.01.